The highest BCUT2D eigenvalue weighted by Gasteiger charge is 2.37. The molecule has 0 bridgehead atoms. The summed E-state index contributed by atoms with van der Waals surface area (Å²) in [5.41, 5.74) is 4.92. The number of nitrogens with one attached hydrogen (secondary N) is 2. The average molecular weight is 478 g/mol. The molecule has 1 aromatic heterocycles. The van der Waals surface area contributed by atoms with Crippen LogP contribution in [0, 0.1) is 0 Å². The van der Waals surface area contributed by atoms with Crippen LogP contribution < -0.4 is 15.5 Å². The van der Waals surface area contributed by atoms with Gasteiger partial charge in [0.05, 0.1) is 13.2 Å². The quantitative estimate of drug-likeness (QED) is 0.522. The molecular weight excluding hydrogens is 457 g/mol. The highest BCUT2D eigenvalue weighted by Crippen LogP contribution is 2.38. The fraction of sp³-hybridized carbons (Fsp3) is 0.286. The number of carbonyl (C=O) groups is 1. The Morgan fingerprint density at radius 3 is 2.55 bits per heavy atom. The van der Waals surface area contributed by atoms with Crippen LogP contribution in [0.3, 0.4) is 0 Å². The van der Waals surface area contributed by atoms with Crippen LogP contribution in [0.25, 0.3) is 0 Å². The molecule has 1 aliphatic rings. The molecule has 3 aromatic rings. The summed E-state index contributed by atoms with van der Waals surface area (Å²) in [7, 11) is 1.62. The van der Waals surface area contributed by atoms with Crippen molar-refractivity contribution in [3.05, 3.63) is 63.9 Å². The molecule has 1 aliphatic heterocycles. The van der Waals surface area contributed by atoms with Crippen LogP contribution in [0.15, 0.2) is 47.6 Å². The van der Waals surface area contributed by atoms with Crippen molar-refractivity contribution in [1.82, 2.24) is 14.9 Å². The molecule has 7 nitrogen and oxygen atoms in total. The van der Waals surface area contributed by atoms with Gasteiger partial charge in [-0.05, 0) is 42.3 Å². The lowest BCUT2D eigenvalue weighted by Crippen LogP contribution is -2.41. The highest BCUT2D eigenvalue weighted by molar-refractivity contribution is 8.00. The van der Waals surface area contributed by atoms with E-state index in [4.69, 9.17) is 27.9 Å². The number of rotatable bonds is 6. The third kappa shape index (κ3) is 4.76. The van der Waals surface area contributed by atoms with Crippen molar-refractivity contribution in [2.75, 3.05) is 17.9 Å². The number of aromatic nitrogens is 3. The Morgan fingerprint density at radius 2 is 1.90 bits per heavy atom. The molecule has 0 fully saturated rings. The Balaban J connectivity index is 1.66. The van der Waals surface area contributed by atoms with Crippen molar-refractivity contribution in [3.8, 4) is 5.75 Å². The topological polar surface area (TPSA) is 81.1 Å². The van der Waals surface area contributed by atoms with Crippen LogP contribution in [0.4, 0.5) is 5.69 Å². The minimum atomic E-state index is -0.502. The lowest BCUT2D eigenvalue weighted by molar-refractivity contribution is -0.116. The first kappa shape index (κ1) is 21.8. The minimum absolute atomic E-state index is 0.192. The highest BCUT2D eigenvalue weighted by atomic mass is 35.5. The maximum atomic E-state index is 13.3. The SMILES string of the molecule is CCCc1nnc2n1N[C@H](c1ccc(OC)cc1)[C@H](C(=O)Nc1cc(Cl)cc(Cl)c1)S2. The number of ether oxygens (including phenoxy) is 1. The predicted molar refractivity (Wildman–Crippen MR) is 124 cm³/mol. The van der Waals surface area contributed by atoms with E-state index in [1.54, 1.807) is 25.3 Å². The van der Waals surface area contributed by atoms with Crippen LogP contribution in [0.1, 0.15) is 30.8 Å². The molecule has 162 valence electrons. The zero-order valence-electron chi connectivity index (χ0n) is 16.9. The molecule has 0 radical (unpaired) electrons. The number of halogens is 2. The summed E-state index contributed by atoms with van der Waals surface area (Å²) >= 11 is 13.5. The molecule has 1 amide bonds. The first-order valence-electron chi connectivity index (χ1n) is 9.77. The second-order valence-corrected chi connectivity index (χ2v) is 9.03. The lowest BCUT2D eigenvalue weighted by Gasteiger charge is -2.33. The van der Waals surface area contributed by atoms with Crippen LogP contribution >= 0.6 is 35.0 Å². The Kier molecular flexibility index (Phi) is 6.60. The molecule has 10 heteroatoms. The van der Waals surface area contributed by atoms with E-state index in [9.17, 15) is 4.79 Å². The van der Waals surface area contributed by atoms with Gasteiger partial charge in [0.25, 0.3) is 0 Å². The first-order chi connectivity index (χ1) is 15.0. The van der Waals surface area contributed by atoms with Gasteiger partial charge in [0.1, 0.15) is 11.0 Å². The van der Waals surface area contributed by atoms with Crippen LogP contribution in [0.2, 0.25) is 10.0 Å². The second kappa shape index (κ2) is 9.38. The molecule has 2 N–H and O–H groups in total. The monoisotopic (exact) mass is 477 g/mol. The van der Waals surface area contributed by atoms with Crippen molar-refractivity contribution in [1.29, 1.82) is 0 Å². The third-order valence-corrected chi connectivity index (χ3v) is 6.49. The van der Waals surface area contributed by atoms with Gasteiger partial charge in [-0.2, -0.15) is 0 Å². The number of thioether (sulfide) groups is 1. The van der Waals surface area contributed by atoms with E-state index < -0.39 is 5.25 Å². The van der Waals surface area contributed by atoms with Gasteiger partial charge in [0.2, 0.25) is 11.1 Å². The molecule has 0 aliphatic carbocycles. The number of nitrogens with zero attached hydrogens (tertiary/aromatic N) is 3. The molecule has 31 heavy (non-hydrogen) atoms. The minimum Gasteiger partial charge on any atom is -0.497 e. The maximum absolute atomic E-state index is 13.3. The molecule has 4 rings (SSSR count). The van der Waals surface area contributed by atoms with Crippen molar-refractivity contribution in [2.24, 2.45) is 0 Å². The fourth-order valence-electron chi connectivity index (χ4n) is 3.38. The van der Waals surface area contributed by atoms with Gasteiger partial charge < -0.3 is 15.5 Å². The number of methoxy groups -OCH3 is 1. The summed E-state index contributed by atoms with van der Waals surface area (Å²) in [5.74, 6) is 1.39. The van der Waals surface area contributed by atoms with Gasteiger partial charge in [0, 0.05) is 22.2 Å². The summed E-state index contributed by atoms with van der Waals surface area (Å²) in [6.07, 6.45) is 1.73. The largest absolute Gasteiger partial charge is 0.497 e. The molecule has 0 unspecified atom stereocenters. The van der Waals surface area contributed by atoms with Crippen LogP contribution in [-0.4, -0.2) is 33.1 Å². The van der Waals surface area contributed by atoms with Crippen molar-refractivity contribution in [3.63, 3.8) is 0 Å². The summed E-state index contributed by atoms with van der Waals surface area (Å²) < 4.78 is 7.15. The maximum Gasteiger partial charge on any atom is 0.240 e. The Labute approximate surface area is 194 Å². The molecule has 0 spiro atoms. The number of fused-ring (bicyclic) bond motifs is 1. The lowest BCUT2D eigenvalue weighted by atomic mass is 10.0. The Morgan fingerprint density at radius 1 is 1.19 bits per heavy atom. The molecule has 0 saturated carbocycles. The number of hydrogen-bond donors (Lipinski definition) is 2. The van der Waals surface area contributed by atoms with E-state index in [-0.39, 0.29) is 11.9 Å². The number of amides is 1. The van der Waals surface area contributed by atoms with E-state index in [1.165, 1.54) is 11.8 Å². The van der Waals surface area contributed by atoms with Gasteiger partial charge in [0.15, 0.2) is 5.82 Å². The first-order valence-corrected chi connectivity index (χ1v) is 11.4. The van der Waals surface area contributed by atoms with Gasteiger partial charge >= 0.3 is 0 Å². The summed E-state index contributed by atoms with van der Waals surface area (Å²) in [4.78, 5) is 13.3. The molecule has 2 heterocycles. The molecular formula is C21H21Cl2N5O2S. The predicted octanol–water partition coefficient (Wildman–Crippen LogP) is 4.94. The third-order valence-electron chi connectivity index (χ3n) is 4.84. The van der Waals surface area contributed by atoms with Crippen LogP contribution in [0.5, 0.6) is 5.75 Å². The van der Waals surface area contributed by atoms with E-state index in [1.807, 2.05) is 28.9 Å². The number of aryl methyl sites for hydroxylation is 1. The number of anilines is 1. The number of carbonyl (C=O) groups excluding carboxylic acids is 1. The van der Waals surface area contributed by atoms with Crippen LogP contribution in [-0.2, 0) is 11.2 Å². The zero-order valence-corrected chi connectivity index (χ0v) is 19.3. The number of benzene rings is 2. The zero-order chi connectivity index (χ0) is 22.0. The van der Waals surface area contributed by atoms with E-state index >= 15 is 0 Å². The Hall–Kier alpha value is -2.42. The molecule has 2 aromatic carbocycles. The summed E-state index contributed by atoms with van der Waals surface area (Å²) in [6.45, 7) is 2.09. The smallest absolute Gasteiger partial charge is 0.240 e. The Bertz CT molecular complexity index is 1070. The molecule has 0 saturated heterocycles. The normalized spacial score (nSPS) is 17.5. The summed E-state index contributed by atoms with van der Waals surface area (Å²) in [6, 6.07) is 12.3. The van der Waals surface area contributed by atoms with Gasteiger partial charge in [-0.3, -0.25) is 4.79 Å². The van der Waals surface area contributed by atoms with E-state index in [0.717, 1.165) is 30.0 Å². The van der Waals surface area contributed by atoms with Gasteiger partial charge in [-0.1, -0.05) is 54.0 Å². The van der Waals surface area contributed by atoms with Crippen molar-refractivity contribution >= 4 is 46.6 Å². The van der Waals surface area contributed by atoms with E-state index in [2.05, 4.69) is 27.9 Å². The van der Waals surface area contributed by atoms with E-state index in [0.29, 0.717) is 20.9 Å². The van der Waals surface area contributed by atoms with Gasteiger partial charge in [-0.15, -0.1) is 10.2 Å². The van der Waals surface area contributed by atoms with Gasteiger partial charge in [-0.25, -0.2) is 4.68 Å². The molecule has 2 atom stereocenters. The second-order valence-electron chi connectivity index (χ2n) is 7.05. The van der Waals surface area contributed by atoms with Crippen molar-refractivity contribution < 1.29 is 9.53 Å². The standard InChI is InChI=1S/C21H21Cl2N5O2S/c1-3-4-17-25-26-21-28(17)27-18(12-5-7-16(30-2)8-6-12)19(31-21)20(29)24-15-10-13(22)9-14(23)11-15/h5-11,18-19,27H,3-4H2,1-2H3,(H,24,29)/t18-,19-/m1/s1. The fourth-order valence-corrected chi connectivity index (χ4v) is 5.01. The number of hydrogen-bond acceptors (Lipinski definition) is 6. The average Bonchev–Trinajstić information content (AvgIpc) is 3.14. The summed E-state index contributed by atoms with van der Waals surface area (Å²) in [5, 5.41) is 12.5. The van der Waals surface area contributed by atoms with Crippen molar-refractivity contribution in [2.45, 2.75) is 36.2 Å².